The van der Waals surface area contributed by atoms with Crippen molar-refractivity contribution >= 4 is 34.6 Å². The number of benzene rings is 3. The molecule has 0 radical (unpaired) electrons. The summed E-state index contributed by atoms with van der Waals surface area (Å²) in [7, 11) is 0. The summed E-state index contributed by atoms with van der Waals surface area (Å²) in [6.45, 7) is 1.33. The van der Waals surface area contributed by atoms with Gasteiger partial charge in [0.2, 0.25) is 5.91 Å². The quantitative estimate of drug-likeness (QED) is 0.344. The predicted octanol–water partition coefficient (Wildman–Crippen LogP) is 4.04. The number of primary amides is 1. The number of amides is 2. The van der Waals surface area contributed by atoms with E-state index in [1.807, 2.05) is 41.3 Å². The number of nitrogens with zero attached hydrogens (tertiary/aromatic N) is 2. The lowest BCUT2D eigenvalue weighted by atomic mass is 10.1. The van der Waals surface area contributed by atoms with Gasteiger partial charge in [-0.25, -0.2) is 0 Å². The molecule has 4 rings (SSSR count). The average Bonchev–Trinajstić information content (AvgIpc) is 3.28. The van der Waals surface area contributed by atoms with Crippen LogP contribution in [0, 0.1) is 10.1 Å². The molecule has 1 atom stereocenters. The van der Waals surface area contributed by atoms with E-state index in [2.05, 4.69) is 10.6 Å². The maximum Gasteiger partial charge on any atom is 0.293 e. The Hall–Kier alpha value is -4.24. The highest BCUT2D eigenvalue weighted by atomic mass is 16.6. The first kappa shape index (κ1) is 22.9. The van der Waals surface area contributed by atoms with E-state index < -0.39 is 10.8 Å². The van der Waals surface area contributed by atoms with Gasteiger partial charge in [0.15, 0.2) is 0 Å². The lowest BCUT2D eigenvalue weighted by molar-refractivity contribution is -0.383. The average molecular weight is 460 g/mol. The number of nitro groups is 1. The molecule has 0 saturated carbocycles. The standard InChI is InChI=1S/C25H25N5O4/c26-24(31)22-10-5-13-29(22)16-17-6-4-9-20(14-17)28-25(32)18-11-12-21(23(15-18)30(33)34)27-19-7-2-1-3-8-19/h1-4,6-9,11-12,14-15,22,27H,5,10,13,16H2,(H2,26,31)(H,28,32). The van der Waals surface area contributed by atoms with E-state index in [0.29, 0.717) is 23.6 Å². The molecular formula is C25H25N5O4. The number of hydrogen-bond donors (Lipinski definition) is 3. The summed E-state index contributed by atoms with van der Waals surface area (Å²) in [5.74, 6) is -0.781. The van der Waals surface area contributed by atoms with Crippen molar-refractivity contribution in [3.63, 3.8) is 0 Å². The van der Waals surface area contributed by atoms with Gasteiger partial charge in [-0.05, 0) is 61.3 Å². The van der Waals surface area contributed by atoms with Crippen molar-refractivity contribution in [3.8, 4) is 0 Å². The smallest absolute Gasteiger partial charge is 0.293 e. The summed E-state index contributed by atoms with van der Waals surface area (Å²) in [5, 5.41) is 17.4. The Balaban J connectivity index is 1.48. The van der Waals surface area contributed by atoms with Crippen LogP contribution in [0.2, 0.25) is 0 Å². The minimum atomic E-state index is -0.520. The Morgan fingerprint density at radius 1 is 1.03 bits per heavy atom. The predicted molar refractivity (Wildman–Crippen MR) is 130 cm³/mol. The first-order chi connectivity index (χ1) is 16.4. The molecule has 3 aromatic rings. The first-order valence-electron chi connectivity index (χ1n) is 10.9. The largest absolute Gasteiger partial charge is 0.368 e. The number of likely N-dealkylation sites (tertiary alicyclic amines) is 1. The topological polar surface area (TPSA) is 131 Å². The van der Waals surface area contributed by atoms with E-state index in [4.69, 9.17) is 5.73 Å². The van der Waals surface area contributed by atoms with Gasteiger partial charge >= 0.3 is 0 Å². The number of carbonyl (C=O) groups excluding carboxylic acids is 2. The van der Waals surface area contributed by atoms with Crippen molar-refractivity contribution in [1.29, 1.82) is 0 Å². The van der Waals surface area contributed by atoms with Gasteiger partial charge < -0.3 is 16.4 Å². The Morgan fingerprint density at radius 2 is 1.79 bits per heavy atom. The first-order valence-corrected chi connectivity index (χ1v) is 10.9. The van der Waals surface area contributed by atoms with Crippen LogP contribution in [-0.2, 0) is 11.3 Å². The molecule has 1 heterocycles. The molecular weight excluding hydrogens is 434 g/mol. The SMILES string of the molecule is NC(=O)C1CCCN1Cc1cccc(NC(=O)c2ccc(Nc3ccccc3)c([N+](=O)[O-])c2)c1. The van der Waals surface area contributed by atoms with E-state index >= 15 is 0 Å². The Kier molecular flexibility index (Phi) is 6.84. The number of para-hydroxylation sites is 1. The molecule has 4 N–H and O–H groups in total. The normalized spacial score (nSPS) is 15.6. The van der Waals surface area contributed by atoms with Gasteiger partial charge in [-0.1, -0.05) is 30.3 Å². The molecule has 1 saturated heterocycles. The number of nitro benzene ring substituents is 1. The summed E-state index contributed by atoms with van der Waals surface area (Å²) < 4.78 is 0. The molecule has 0 bridgehead atoms. The second-order valence-electron chi connectivity index (χ2n) is 8.17. The summed E-state index contributed by atoms with van der Waals surface area (Å²) in [6, 6.07) is 20.4. The maximum atomic E-state index is 12.8. The van der Waals surface area contributed by atoms with Crippen LogP contribution in [0.5, 0.6) is 0 Å². The molecule has 0 aliphatic carbocycles. The fraction of sp³-hybridized carbons (Fsp3) is 0.200. The maximum absolute atomic E-state index is 12.8. The monoisotopic (exact) mass is 459 g/mol. The van der Waals surface area contributed by atoms with Gasteiger partial charge in [-0.15, -0.1) is 0 Å². The van der Waals surface area contributed by atoms with Crippen LogP contribution < -0.4 is 16.4 Å². The number of anilines is 3. The fourth-order valence-electron chi connectivity index (χ4n) is 4.13. The minimum absolute atomic E-state index is 0.170. The van der Waals surface area contributed by atoms with Crippen molar-refractivity contribution in [2.24, 2.45) is 5.73 Å². The van der Waals surface area contributed by atoms with Crippen molar-refractivity contribution in [3.05, 3.63) is 94.0 Å². The van der Waals surface area contributed by atoms with Crippen LogP contribution in [0.25, 0.3) is 0 Å². The van der Waals surface area contributed by atoms with Gasteiger partial charge in [-0.2, -0.15) is 0 Å². The van der Waals surface area contributed by atoms with Gasteiger partial charge in [0, 0.05) is 29.5 Å². The van der Waals surface area contributed by atoms with Crippen molar-refractivity contribution in [2.45, 2.75) is 25.4 Å². The zero-order valence-electron chi connectivity index (χ0n) is 18.4. The third kappa shape index (κ3) is 5.38. The highest BCUT2D eigenvalue weighted by Crippen LogP contribution is 2.29. The number of rotatable bonds is 8. The van der Waals surface area contributed by atoms with E-state index in [9.17, 15) is 19.7 Å². The molecule has 3 aromatic carbocycles. The molecule has 0 spiro atoms. The van der Waals surface area contributed by atoms with E-state index in [-0.39, 0.29) is 23.2 Å². The van der Waals surface area contributed by atoms with E-state index in [1.165, 1.54) is 12.1 Å². The third-order valence-corrected chi connectivity index (χ3v) is 5.77. The van der Waals surface area contributed by atoms with E-state index in [0.717, 1.165) is 24.9 Å². The van der Waals surface area contributed by atoms with E-state index in [1.54, 1.807) is 24.3 Å². The van der Waals surface area contributed by atoms with Crippen LogP contribution in [0.1, 0.15) is 28.8 Å². The molecule has 0 aromatic heterocycles. The van der Waals surface area contributed by atoms with Crippen LogP contribution in [-0.4, -0.2) is 34.2 Å². The van der Waals surface area contributed by atoms with Crippen LogP contribution in [0.15, 0.2) is 72.8 Å². The van der Waals surface area contributed by atoms with Gasteiger partial charge in [0.05, 0.1) is 11.0 Å². The highest BCUT2D eigenvalue weighted by Gasteiger charge is 2.28. The fourth-order valence-corrected chi connectivity index (χ4v) is 4.13. The van der Waals surface area contributed by atoms with Gasteiger partial charge in [0.25, 0.3) is 11.6 Å². The van der Waals surface area contributed by atoms with Gasteiger partial charge in [-0.3, -0.25) is 24.6 Å². The zero-order chi connectivity index (χ0) is 24.1. The second-order valence-corrected chi connectivity index (χ2v) is 8.17. The molecule has 2 amide bonds. The minimum Gasteiger partial charge on any atom is -0.368 e. The summed E-state index contributed by atoms with van der Waals surface area (Å²) in [5.41, 5.74) is 7.96. The molecule has 1 aliphatic heterocycles. The number of hydrogen-bond acceptors (Lipinski definition) is 6. The molecule has 1 unspecified atom stereocenters. The summed E-state index contributed by atoms with van der Waals surface area (Å²) in [6.07, 6.45) is 1.66. The van der Waals surface area contributed by atoms with Gasteiger partial charge in [0.1, 0.15) is 5.69 Å². The summed E-state index contributed by atoms with van der Waals surface area (Å²) >= 11 is 0. The third-order valence-electron chi connectivity index (χ3n) is 5.77. The number of nitrogens with one attached hydrogen (secondary N) is 2. The molecule has 9 nitrogen and oxygen atoms in total. The van der Waals surface area contributed by atoms with Crippen LogP contribution in [0.4, 0.5) is 22.7 Å². The Labute approximate surface area is 196 Å². The van der Waals surface area contributed by atoms with Crippen molar-refractivity contribution in [1.82, 2.24) is 4.90 Å². The van der Waals surface area contributed by atoms with Crippen molar-refractivity contribution in [2.75, 3.05) is 17.2 Å². The molecule has 34 heavy (non-hydrogen) atoms. The summed E-state index contributed by atoms with van der Waals surface area (Å²) in [4.78, 5) is 37.6. The number of carbonyl (C=O) groups is 2. The second kappa shape index (κ2) is 10.1. The Morgan fingerprint density at radius 3 is 2.53 bits per heavy atom. The lowest BCUT2D eigenvalue weighted by Crippen LogP contribution is -2.39. The zero-order valence-corrected chi connectivity index (χ0v) is 18.4. The van der Waals surface area contributed by atoms with Crippen LogP contribution >= 0.6 is 0 Å². The molecule has 174 valence electrons. The highest BCUT2D eigenvalue weighted by molar-refractivity contribution is 6.05. The molecule has 1 aliphatic rings. The van der Waals surface area contributed by atoms with Crippen molar-refractivity contribution < 1.29 is 14.5 Å². The molecule has 1 fully saturated rings. The lowest BCUT2D eigenvalue weighted by Gasteiger charge is -2.22. The van der Waals surface area contributed by atoms with Crippen LogP contribution in [0.3, 0.4) is 0 Å². The number of nitrogens with two attached hydrogens (primary N) is 1. The Bertz CT molecular complexity index is 1210. The molecule has 9 heteroatoms.